The summed E-state index contributed by atoms with van der Waals surface area (Å²) in [5, 5.41) is 27.4. The molecule has 2 amide bonds. The van der Waals surface area contributed by atoms with Crippen molar-refractivity contribution in [2.24, 2.45) is 7.05 Å². The van der Waals surface area contributed by atoms with E-state index in [9.17, 15) is 14.7 Å². The zero-order valence-electron chi connectivity index (χ0n) is 11.2. The zero-order valence-corrected chi connectivity index (χ0v) is 11.2. The largest absolute Gasteiger partial charge is 0.507 e. The Kier molecular flexibility index (Phi) is 4.07. The fraction of sp³-hybridized carbons (Fsp3) is 0.154. The van der Waals surface area contributed by atoms with Crippen molar-refractivity contribution in [3.8, 4) is 5.75 Å². The average molecular weight is 290 g/mol. The summed E-state index contributed by atoms with van der Waals surface area (Å²) in [5.74, 6) is -1.65. The predicted octanol–water partition coefficient (Wildman–Crippen LogP) is 1.15. The number of carbonyl (C=O) groups excluding carboxylic acids is 1. The van der Waals surface area contributed by atoms with Gasteiger partial charge in [0.2, 0.25) is 0 Å². The number of urea groups is 1. The van der Waals surface area contributed by atoms with E-state index in [0.717, 1.165) is 5.69 Å². The summed E-state index contributed by atoms with van der Waals surface area (Å²) in [6.07, 6.45) is 1.62. The van der Waals surface area contributed by atoms with Crippen LogP contribution in [0, 0.1) is 0 Å². The number of carboxylic acid groups (broad SMARTS) is 1. The molecule has 1 aromatic carbocycles. The quantitative estimate of drug-likeness (QED) is 0.674. The van der Waals surface area contributed by atoms with E-state index in [1.54, 1.807) is 24.0 Å². The van der Waals surface area contributed by atoms with Crippen LogP contribution in [0.15, 0.2) is 30.5 Å². The number of carbonyl (C=O) groups is 2. The minimum atomic E-state index is -1.24. The van der Waals surface area contributed by atoms with Gasteiger partial charge in [0.15, 0.2) is 0 Å². The van der Waals surface area contributed by atoms with Gasteiger partial charge in [0.1, 0.15) is 11.3 Å². The molecule has 4 N–H and O–H groups in total. The first kappa shape index (κ1) is 14.4. The van der Waals surface area contributed by atoms with E-state index in [4.69, 9.17) is 5.11 Å². The van der Waals surface area contributed by atoms with E-state index in [2.05, 4.69) is 15.7 Å². The van der Waals surface area contributed by atoms with Gasteiger partial charge in [0, 0.05) is 25.0 Å². The maximum Gasteiger partial charge on any atom is 0.339 e. The highest BCUT2D eigenvalue weighted by atomic mass is 16.4. The Hall–Kier alpha value is -3.03. The number of aryl methyl sites for hydroxylation is 1. The summed E-state index contributed by atoms with van der Waals surface area (Å²) in [4.78, 5) is 22.5. The van der Waals surface area contributed by atoms with Crippen LogP contribution in [-0.2, 0) is 13.6 Å². The van der Waals surface area contributed by atoms with Gasteiger partial charge in [-0.3, -0.25) is 4.68 Å². The molecule has 8 heteroatoms. The highest BCUT2D eigenvalue weighted by molar-refractivity contribution is 5.93. The number of hydrogen-bond acceptors (Lipinski definition) is 4. The van der Waals surface area contributed by atoms with E-state index >= 15 is 0 Å². The van der Waals surface area contributed by atoms with Crippen LogP contribution in [-0.4, -0.2) is 32.0 Å². The van der Waals surface area contributed by atoms with Crippen molar-refractivity contribution < 1.29 is 19.8 Å². The number of aromatic carboxylic acids is 1. The van der Waals surface area contributed by atoms with Gasteiger partial charge in [0.05, 0.1) is 12.2 Å². The molecule has 0 unspecified atom stereocenters. The normalized spacial score (nSPS) is 10.1. The van der Waals surface area contributed by atoms with E-state index in [1.807, 2.05) is 0 Å². The number of aromatic hydroxyl groups is 1. The Balaban J connectivity index is 1.95. The van der Waals surface area contributed by atoms with Crippen molar-refractivity contribution >= 4 is 17.7 Å². The lowest BCUT2D eigenvalue weighted by molar-refractivity contribution is 0.0694. The Labute approximate surface area is 120 Å². The summed E-state index contributed by atoms with van der Waals surface area (Å²) < 4.78 is 1.63. The first-order valence-electron chi connectivity index (χ1n) is 6.05. The number of phenols is 1. The van der Waals surface area contributed by atoms with Crippen molar-refractivity contribution in [1.82, 2.24) is 15.1 Å². The van der Waals surface area contributed by atoms with Crippen LogP contribution in [0.3, 0.4) is 0 Å². The van der Waals surface area contributed by atoms with E-state index in [0.29, 0.717) is 12.2 Å². The predicted molar refractivity (Wildman–Crippen MR) is 74.1 cm³/mol. The van der Waals surface area contributed by atoms with Gasteiger partial charge in [-0.25, -0.2) is 9.59 Å². The first-order chi connectivity index (χ1) is 9.97. The SMILES string of the molecule is Cn1nccc1CNC(=O)Nc1ccc(C(=O)O)c(O)c1. The van der Waals surface area contributed by atoms with Crippen molar-refractivity contribution in [3.05, 3.63) is 41.7 Å². The Morgan fingerprint density at radius 3 is 2.67 bits per heavy atom. The number of aromatic nitrogens is 2. The maximum atomic E-state index is 11.7. The third-order valence-corrected chi connectivity index (χ3v) is 2.84. The lowest BCUT2D eigenvalue weighted by atomic mass is 10.2. The van der Waals surface area contributed by atoms with E-state index in [1.165, 1.54) is 18.2 Å². The molecule has 110 valence electrons. The van der Waals surface area contributed by atoms with E-state index < -0.39 is 17.7 Å². The topological polar surface area (TPSA) is 116 Å². The van der Waals surface area contributed by atoms with Gasteiger partial charge in [-0.2, -0.15) is 5.10 Å². The first-order valence-corrected chi connectivity index (χ1v) is 6.05. The number of nitrogens with one attached hydrogen (secondary N) is 2. The summed E-state index contributed by atoms with van der Waals surface area (Å²) >= 11 is 0. The van der Waals surface area contributed by atoms with Gasteiger partial charge < -0.3 is 20.8 Å². The van der Waals surface area contributed by atoms with Gasteiger partial charge in [0.25, 0.3) is 0 Å². The molecule has 0 radical (unpaired) electrons. The molecule has 2 aromatic rings. The van der Waals surface area contributed by atoms with E-state index in [-0.39, 0.29) is 5.56 Å². The number of benzene rings is 1. The molecular formula is C13H14N4O4. The average Bonchev–Trinajstić information content (AvgIpc) is 2.81. The Morgan fingerprint density at radius 1 is 1.33 bits per heavy atom. The fourth-order valence-corrected chi connectivity index (χ4v) is 1.71. The van der Waals surface area contributed by atoms with Gasteiger partial charge in [-0.15, -0.1) is 0 Å². The van der Waals surface area contributed by atoms with Crippen molar-refractivity contribution in [1.29, 1.82) is 0 Å². The molecule has 0 saturated carbocycles. The monoisotopic (exact) mass is 290 g/mol. The van der Waals surface area contributed by atoms with Crippen LogP contribution in [0.25, 0.3) is 0 Å². The molecule has 0 saturated heterocycles. The van der Waals surface area contributed by atoms with Crippen molar-refractivity contribution in [2.45, 2.75) is 6.54 Å². The van der Waals surface area contributed by atoms with Gasteiger partial charge >= 0.3 is 12.0 Å². The van der Waals surface area contributed by atoms with Crippen LogP contribution in [0.4, 0.5) is 10.5 Å². The molecule has 21 heavy (non-hydrogen) atoms. The third kappa shape index (κ3) is 3.50. The van der Waals surface area contributed by atoms with Crippen molar-refractivity contribution in [3.63, 3.8) is 0 Å². The van der Waals surface area contributed by atoms with Crippen LogP contribution < -0.4 is 10.6 Å². The second kappa shape index (κ2) is 5.95. The third-order valence-electron chi connectivity index (χ3n) is 2.84. The molecule has 2 rings (SSSR count). The Bertz CT molecular complexity index is 681. The zero-order chi connectivity index (χ0) is 15.4. The van der Waals surface area contributed by atoms with Gasteiger partial charge in [-0.1, -0.05) is 0 Å². The van der Waals surface area contributed by atoms with Gasteiger partial charge in [-0.05, 0) is 18.2 Å². The summed E-state index contributed by atoms with van der Waals surface area (Å²) in [6.45, 7) is 0.293. The molecular weight excluding hydrogens is 276 g/mol. The number of anilines is 1. The molecule has 0 aliphatic heterocycles. The number of amides is 2. The summed E-state index contributed by atoms with van der Waals surface area (Å²) in [5.41, 5.74) is 0.894. The number of rotatable bonds is 4. The highest BCUT2D eigenvalue weighted by Crippen LogP contribution is 2.21. The highest BCUT2D eigenvalue weighted by Gasteiger charge is 2.11. The Morgan fingerprint density at radius 2 is 2.10 bits per heavy atom. The molecule has 0 bridgehead atoms. The molecule has 0 fully saturated rings. The molecule has 8 nitrogen and oxygen atoms in total. The lowest BCUT2D eigenvalue weighted by Gasteiger charge is -2.09. The minimum absolute atomic E-state index is 0.226. The maximum absolute atomic E-state index is 11.7. The molecule has 0 atom stereocenters. The van der Waals surface area contributed by atoms with Crippen LogP contribution >= 0.6 is 0 Å². The summed E-state index contributed by atoms with van der Waals surface area (Å²) in [6, 6.07) is 5.08. The summed E-state index contributed by atoms with van der Waals surface area (Å²) in [7, 11) is 1.76. The van der Waals surface area contributed by atoms with Crippen LogP contribution in [0.5, 0.6) is 5.75 Å². The van der Waals surface area contributed by atoms with Crippen LogP contribution in [0.2, 0.25) is 0 Å². The molecule has 0 spiro atoms. The fourth-order valence-electron chi connectivity index (χ4n) is 1.71. The molecule has 0 aliphatic carbocycles. The number of nitrogens with zero attached hydrogens (tertiary/aromatic N) is 2. The molecule has 1 aromatic heterocycles. The van der Waals surface area contributed by atoms with Crippen LogP contribution in [0.1, 0.15) is 16.1 Å². The standard InChI is InChI=1S/C13H14N4O4/c1-17-9(4-5-15-17)7-14-13(21)16-8-2-3-10(12(19)20)11(18)6-8/h2-6,18H,7H2,1H3,(H,19,20)(H2,14,16,21). The molecule has 1 heterocycles. The molecule has 0 aliphatic rings. The van der Waals surface area contributed by atoms with Crippen molar-refractivity contribution in [2.75, 3.05) is 5.32 Å². The second-order valence-corrected chi connectivity index (χ2v) is 4.29. The second-order valence-electron chi connectivity index (χ2n) is 4.29. The number of carboxylic acids is 1. The minimum Gasteiger partial charge on any atom is -0.507 e. The lowest BCUT2D eigenvalue weighted by Crippen LogP contribution is -2.29. The smallest absolute Gasteiger partial charge is 0.339 e. The number of hydrogen-bond donors (Lipinski definition) is 4.